The maximum absolute atomic E-state index is 10.7. The molecular formula is C14H20O3. The summed E-state index contributed by atoms with van der Waals surface area (Å²) in [6.45, 7) is 1.95. The number of aliphatic hydroxyl groups is 1. The summed E-state index contributed by atoms with van der Waals surface area (Å²) in [6, 6.07) is 9.83. The van der Waals surface area contributed by atoms with Gasteiger partial charge in [-0.1, -0.05) is 43.7 Å². The molecule has 1 aromatic rings. The molecule has 0 spiro atoms. The number of carboxylic acid groups (broad SMARTS) is 1. The van der Waals surface area contributed by atoms with Gasteiger partial charge >= 0.3 is 5.97 Å². The lowest BCUT2D eigenvalue weighted by atomic mass is 9.87. The van der Waals surface area contributed by atoms with Crippen LogP contribution in [0.2, 0.25) is 0 Å². The number of hydrogen-bond donors (Lipinski definition) is 2. The molecule has 0 aliphatic rings. The largest absolute Gasteiger partial charge is 0.481 e. The number of carboxylic acids is 1. The van der Waals surface area contributed by atoms with Crippen LogP contribution in [0.25, 0.3) is 0 Å². The molecule has 0 amide bonds. The average Bonchev–Trinajstić information content (AvgIpc) is 2.27. The molecule has 0 aliphatic carbocycles. The van der Waals surface area contributed by atoms with Crippen molar-refractivity contribution in [2.24, 2.45) is 0 Å². The predicted octanol–water partition coefficient (Wildman–Crippen LogP) is 2.63. The maximum atomic E-state index is 10.7. The highest BCUT2D eigenvalue weighted by atomic mass is 16.4. The molecule has 94 valence electrons. The standard InChI is InChI=1S/C14H20O3/c1-2-9-14(17,11-13(15)16)10-8-12-6-4-3-5-7-12/h3-7,17H,2,8-11H2,1H3,(H,15,16)/t14-/m0/s1. The van der Waals surface area contributed by atoms with E-state index in [0.717, 1.165) is 12.0 Å². The number of benzene rings is 1. The van der Waals surface area contributed by atoms with Crippen molar-refractivity contribution in [3.05, 3.63) is 35.9 Å². The molecule has 0 heterocycles. The van der Waals surface area contributed by atoms with Crippen LogP contribution in [0.3, 0.4) is 0 Å². The lowest BCUT2D eigenvalue weighted by molar-refractivity contribution is -0.143. The summed E-state index contributed by atoms with van der Waals surface area (Å²) < 4.78 is 0. The van der Waals surface area contributed by atoms with E-state index in [4.69, 9.17) is 5.11 Å². The van der Waals surface area contributed by atoms with Crippen LogP contribution in [0, 0.1) is 0 Å². The molecule has 1 rings (SSSR count). The minimum Gasteiger partial charge on any atom is -0.481 e. The third-order valence-corrected chi connectivity index (χ3v) is 2.92. The van der Waals surface area contributed by atoms with Crippen LogP contribution in [-0.4, -0.2) is 21.8 Å². The van der Waals surface area contributed by atoms with Gasteiger partial charge in [-0.3, -0.25) is 4.79 Å². The van der Waals surface area contributed by atoms with Crippen molar-refractivity contribution < 1.29 is 15.0 Å². The summed E-state index contributed by atoms with van der Waals surface area (Å²) >= 11 is 0. The Bertz CT molecular complexity index is 348. The van der Waals surface area contributed by atoms with Crippen LogP contribution in [0.1, 0.15) is 38.2 Å². The van der Waals surface area contributed by atoms with Gasteiger partial charge in [0, 0.05) is 0 Å². The fourth-order valence-electron chi connectivity index (χ4n) is 2.07. The minimum atomic E-state index is -1.07. The van der Waals surface area contributed by atoms with Crippen LogP contribution >= 0.6 is 0 Å². The van der Waals surface area contributed by atoms with Crippen molar-refractivity contribution in [3.63, 3.8) is 0 Å². The Kier molecular flexibility index (Phi) is 5.16. The number of rotatable bonds is 7. The van der Waals surface area contributed by atoms with Gasteiger partial charge in [-0.05, 0) is 24.8 Å². The Morgan fingerprint density at radius 2 is 1.88 bits per heavy atom. The van der Waals surface area contributed by atoms with Crippen molar-refractivity contribution in [2.75, 3.05) is 0 Å². The van der Waals surface area contributed by atoms with Gasteiger partial charge in [-0.2, -0.15) is 0 Å². The zero-order valence-corrected chi connectivity index (χ0v) is 10.2. The Hall–Kier alpha value is -1.35. The smallest absolute Gasteiger partial charge is 0.306 e. The van der Waals surface area contributed by atoms with E-state index < -0.39 is 11.6 Å². The third-order valence-electron chi connectivity index (χ3n) is 2.92. The van der Waals surface area contributed by atoms with E-state index in [1.54, 1.807) is 0 Å². The fourth-order valence-corrected chi connectivity index (χ4v) is 2.07. The molecule has 0 fully saturated rings. The SMILES string of the molecule is CCC[C@](O)(CCc1ccccc1)CC(=O)O. The first-order valence-electron chi connectivity index (χ1n) is 6.04. The van der Waals surface area contributed by atoms with Crippen molar-refractivity contribution in [1.82, 2.24) is 0 Å². The van der Waals surface area contributed by atoms with Crippen molar-refractivity contribution in [3.8, 4) is 0 Å². The second-order valence-electron chi connectivity index (χ2n) is 4.53. The average molecular weight is 236 g/mol. The molecule has 0 aromatic heterocycles. The van der Waals surface area contributed by atoms with Gasteiger partial charge in [-0.15, -0.1) is 0 Å². The molecule has 0 aliphatic heterocycles. The second-order valence-corrected chi connectivity index (χ2v) is 4.53. The first-order chi connectivity index (χ1) is 8.06. The lowest BCUT2D eigenvalue weighted by Gasteiger charge is -2.26. The summed E-state index contributed by atoms with van der Waals surface area (Å²) in [4.78, 5) is 10.7. The van der Waals surface area contributed by atoms with Crippen LogP contribution in [0.5, 0.6) is 0 Å². The molecule has 2 N–H and O–H groups in total. The highest BCUT2D eigenvalue weighted by Crippen LogP contribution is 2.24. The highest BCUT2D eigenvalue weighted by Gasteiger charge is 2.28. The maximum Gasteiger partial charge on any atom is 0.306 e. The quantitative estimate of drug-likeness (QED) is 0.765. The summed E-state index contributed by atoms with van der Waals surface area (Å²) in [7, 11) is 0. The van der Waals surface area contributed by atoms with E-state index in [-0.39, 0.29) is 6.42 Å². The van der Waals surface area contributed by atoms with E-state index in [1.807, 2.05) is 37.3 Å². The number of carbonyl (C=O) groups is 1. The molecule has 0 saturated heterocycles. The molecule has 1 aromatic carbocycles. The minimum absolute atomic E-state index is 0.173. The molecule has 3 nitrogen and oxygen atoms in total. The van der Waals surface area contributed by atoms with E-state index in [0.29, 0.717) is 19.3 Å². The third kappa shape index (κ3) is 5.00. The first kappa shape index (κ1) is 13.7. The molecule has 1 atom stereocenters. The van der Waals surface area contributed by atoms with Crippen molar-refractivity contribution >= 4 is 5.97 Å². The Labute approximate surface area is 102 Å². The van der Waals surface area contributed by atoms with Gasteiger partial charge in [0.2, 0.25) is 0 Å². The zero-order chi connectivity index (χ0) is 12.7. The summed E-state index contributed by atoms with van der Waals surface area (Å²) in [5.74, 6) is -0.936. The van der Waals surface area contributed by atoms with Gasteiger partial charge in [-0.25, -0.2) is 0 Å². The number of aliphatic carboxylic acids is 1. The first-order valence-corrected chi connectivity index (χ1v) is 6.04. The van der Waals surface area contributed by atoms with E-state index in [2.05, 4.69) is 0 Å². The second kappa shape index (κ2) is 6.40. The summed E-state index contributed by atoms with van der Waals surface area (Å²) in [5.41, 5.74) is 0.0589. The molecule has 0 bridgehead atoms. The normalized spacial score (nSPS) is 14.2. The van der Waals surface area contributed by atoms with Gasteiger partial charge in [0.1, 0.15) is 0 Å². The number of hydrogen-bond acceptors (Lipinski definition) is 2. The van der Waals surface area contributed by atoms with E-state index >= 15 is 0 Å². The molecule has 0 unspecified atom stereocenters. The summed E-state index contributed by atoms with van der Waals surface area (Å²) in [6.07, 6.45) is 2.36. The Balaban J connectivity index is 2.58. The molecule has 0 saturated carbocycles. The van der Waals surface area contributed by atoms with Crippen LogP contribution in [0.15, 0.2) is 30.3 Å². The fraction of sp³-hybridized carbons (Fsp3) is 0.500. The Morgan fingerprint density at radius 3 is 2.41 bits per heavy atom. The van der Waals surface area contributed by atoms with Gasteiger partial charge in [0.05, 0.1) is 12.0 Å². The Morgan fingerprint density at radius 1 is 1.24 bits per heavy atom. The van der Waals surface area contributed by atoms with E-state index in [1.165, 1.54) is 0 Å². The van der Waals surface area contributed by atoms with Gasteiger partial charge in [0.15, 0.2) is 0 Å². The van der Waals surface area contributed by atoms with Gasteiger partial charge < -0.3 is 10.2 Å². The monoisotopic (exact) mass is 236 g/mol. The van der Waals surface area contributed by atoms with Gasteiger partial charge in [0.25, 0.3) is 0 Å². The van der Waals surface area contributed by atoms with E-state index in [9.17, 15) is 9.90 Å². The zero-order valence-electron chi connectivity index (χ0n) is 10.2. The molecule has 3 heteroatoms. The topological polar surface area (TPSA) is 57.5 Å². The number of aryl methyl sites for hydroxylation is 1. The molecular weight excluding hydrogens is 216 g/mol. The summed E-state index contributed by atoms with van der Waals surface area (Å²) in [5, 5.41) is 19.1. The molecule has 17 heavy (non-hydrogen) atoms. The van der Waals surface area contributed by atoms with Crippen molar-refractivity contribution in [1.29, 1.82) is 0 Å². The van der Waals surface area contributed by atoms with Crippen LogP contribution in [0.4, 0.5) is 0 Å². The van der Waals surface area contributed by atoms with Crippen LogP contribution < -0.4 is 0 Å². The van der Waals surface area contributed by atoms with Crippen LogP contribution in [-0.2, 0) is 11.2 Å². The predicted molar refractivity (Wildman–Crippen MR) is 66.9 cm³/mol. The highest BCUT2D eigenvalue weighted by molar-refractivity contribution is 5.68. The molecule has 0 radical (unpaired) electrons. The lowest BCUT2D eigenvalue weighted by Crippen LogP contribution is -2.32. The van der Waals surface area contributed by atoms with Crippen molar-refractivity contribution in [2.45, 2.75) is 44.6 Å².